The molecule has 8 aromatic heterocycles. The van der Waals surface area contributed by atoms with Crippen molar-refractivity contribution < 1.29 is 0 Å². The fourth-order valence-electron chi connectivity index (χ4n) is 11.5. The number of aryl methyl sites for hydroxylation is 6. The van der Waals surface area contributed by atoms with Gasteiger partial charge in [-0.15, -0.1) is 0 Å². The third-order valence-electron chi connectivity index (χ3n) is 15.9. The maximum atomic E-state index is 2.46. The van der Waals surface area contributed by atoms with Gasteiger partial charge in [-0.2, -0.15) is 0 Å². The van der Waals surface area contributed by atoms with Crippen LogP contribution in [0.15, 0.2) is 72.9 Å². The Morgan fingerprint density at radius 1 is 0.247 bits per heavy atom. The number of fused-ring (bicyclic) bond motifs is 3. The average Bonchev–Trinajstić information content (AvgIpc) is 3.49. The first-order chi connectivity index (χ1) is 40.3. The summed E-state index contributed by atoms with van der Waals surface area (Å²) >= 11 is 0.0410. The van der Waals surface area contributed by atoms with Gasteiger partial charge in [0, 0.05) is 0 Å². The second-order valence-corrected chi connectivity index (χ2v) is 56.5. The summed E-state index contributed by atoms with van der Waals surface area (Å²) in [5.74, 6) is 0. The summed E-state index contributed by atoms with van der Waals surface area (Å²) in [5, 5.41) is 3.04. The van der Waals surface area contributed by atoms with E-state index in [-0.39, 0.29) is 163 Å². The first kappa shape index (κ1) is 82.8. The summed E-state index contributed by atoms with van der Waals surface area (Å²) in [7, 11) is 0. The molecule has 0 nitrogen and oxygen atoms in total. The fourth-order valence-corrected chi connectivity index (χ4v) is 41.3. The summed E-state index contributed by atoms with van der Waals surface area (Å²) in [6, 6.07) is 22.5. The summed E-state index contributed by atoms with van der Waals surface area (Å²) in [6.07, 6.45) is 0. The molecule has 2 aromatic carbocycles. The van der Waals surface area contributed by atoms with Gasteiger partial charge >= 0.3 is 634 Å². The normalized spacial score (nSPS) is 12.4. The summed E-state index contributed by atoms with van der Waals surface area (Å²) in [6.45, 7) is 81.3. The second-order valence-electron chi connectivity index (χ2n) is 32.8. The average molecular weight is 2110 g/mol. The van der Waals surface area contributed by atoms with Gasteiger partial charge in [0.25, 0.3) is 0 Å². The molecule has 0 N–H and O–H groups in total. The van der Waals surface area contributed by atoms with Crippen LogP contribution in [0.5, 0.6) is 0 Å². The van der Waals surface area contributed by atoms with Crippen LogP contribution in [-0.4, -0.2) is 163 Å². The molecule has 8 heteroatoms. The van der Waals surface area contributed by atoms with E-state index in [1.807, 2.05) is 0 Å². The third kappa shape index (κ3) is 23.0. The van der Waals surface area contributed by atoms with Crippen molar-refractivity contribution in [2.24, 2.45) is 0 Å². The predicted octanol–water partition coefficient (Wildman–Crippen LogP) is 21.5. The van der Waals surface area contributed by atoms with Gasteiger partial charge in [0.15, 0.2) is 0 Å². The first-order valence-electron chi connectivity index (χ1n) is 32.0. The topological polar surface area (TPSA) is 0 Å². The van der Waals surface area contributed by atoms with Gasteiger partial charge < -0.3 is 0 Å². The molecule has 0 saturated heterocycles. The minimum absolute atomic E-state index is 0.0220. The van der Waals surface area contributed by atoms with E-state index in [0.29, 0.717) is 43.3 Å². The summed E-state index contributed by atoms with van der Waals surface area (Å²) < 4.78 is 29.7. The van der Waals surface area contributed by atoms with Crippen LogP contribution in [0.25, 0.3) is 24.4 Å². The van der Waals surface area contributed by atoms with Crippen LogP contribution in [0, 0.1) is 76.2 Å². The van der Waals surface area contributed by atoms with E-state index in [9.17, 15) is 0 Å². The van der Waals surface area contributed by atoms with E-state index in [1.54, 1.807) is 90.3 Å². The number of rotatable bonds is 0. The SMILES string of the molecule is Cc1[te]c(C(C)(C)C)c(C)c1C.Cc1[te]c2ccccc2c1C(C)(C)C.Cc1c(C(C)(C)C)[te]c(C(C)(C)C)c1C.Cc1c(C(C)(C)C)[te]c2cc[te]c12.Cc1c(C(C)(C)C)[te]c2ccccc12.Cc1c[te]c(C(C)(C)C)c1C.Cc1cc[te]c1C(C)(C)C. The Bertz CT molecular complexity index is 3820. The number of benzene rings is 2. The molecule has 8 heterocycles. The van der Waals surface area contributed by atoms with Crippen LogP contribution >= 0.6 is 0 Å². The Kier molecular flexibility index (Phi) is 30.7. The Morgan fingerprint density at radius 2 is 0.629 bits per heavy atom. The Labute approximate surface area is 625 Å². The first-order valence-corrected chi connectivity index (χ1v) is 51.2. The Balaban J connectivity index is 0.000000223. The molecule has 0 aliphatic rings. The van der Waals surface area contributed by atoms with Gasteiger partial charge in [-0.05, 0) is 0 Å². The molecule has 0 fully saturated rings. The molecular formula is C81H118Te8. The van der Waals surface area contributed by atoms with Crippen molar-refractivity contribution in [3.8, 4) is 0 Å². The Morgan fingerprint density at radius 3 is 0.955 bits per heavy atom. The van der Waals surface area contributed by atoms with Gasteiger partial charge in [-0.25, -0.2) is 0 Å². The quantitative estimate of drug-likeness (QED) is 0.133. The standard InChI is InChI=1S/C14H24Te.2C13H16Te.C11H14Te2.C11H18Te.C10H16Te.C9H14Te/c1-9-10(2)12(14(6,7)8)15-11(9)13(3,4)5;1-9-12(13(2,3)4)10-7-5-6-8-11(10)14-9;1-9-10-7-5-6-8-11(10)14-12(9)13(2,3)4;1-7-9-8(5-6-12-9)13-10(7)11(2,3)4;1-7-8(2)10(11(4,5)6)12-9(7)3;1-7-6-11-9(8(7)2)10(3,4)5;1-7-5-6-10-8(7)9(2,3)4/h1-8H3;2*5-8H,1-4H3;5-6H,1-4H3;1-6H3;6H,1-5H3;5-6H,1-4H3. The molecule has 0 bridgehead atoms. The zero-order valence-corrected chi connectivity index (χ0v) is 80.9. The van der Waals surface area contributed by atoms with Crippen LogP contribution in [0.1, 0.15) is 254 Å². The van der Waals surface area contributed by atoms with Crippen LogP contribution in [0.2, 0.25) is 0 Å². The molecule has 0 unspecified atom stereocenters. The molecule has 0 aliphatic heterocycles. The van der Waals surface area contributed by atoms with E-state index in [2.05, 4.69) is 315 Å². The fraction of sp³-hybridized carbons (Fsp3) is 0.531. The van der Waals surface area contributed by atoms with Gasteiger partial charge in [0.05, 0.1) is 0 Å². The van der Waals surface area contributed by atoms with Crippen molar-refractivity contribution in [1.29, 1.82) is 0 Å². The minimum atomic E-state index is -0.0859. The molecule has 490 valence electrons. The monoisotopic (exact) mass is 2130 g/mol. The van der Waals surface area contributed by atoms with Gasteiger partial charge in [0.1, 0.15) is 0 Å². The van der Waals surface area contributed by atoms with Crippen molar-refractivity contribution in [1.82, 2.24) is 0 Å². The molecule has 0 amide bonds. The van der Waals surface area contributed by atoms with Gasteiger partial charge in [-0.1, -0.05) is 0 Å². The van der Waals surface area contributed by atoms with Crippen LogP contribution in [-0.2, 0) is 43.3 Å². The Hall–Kier alpha value is 1.38. The summed E-state index contributed by atoms with van der Waals surface area (Å²) in [5.41, 5.74) is 18.9. The van der Waals surface area contributed by atoms with Crippen molar-refractivity contribution in [3.63, 3.8) is 0 Å². The molecular weight excluding hydrogens is 1990 g/mol. The van der Waals surface area contributed by atoms with Crippen molar-refractivity contribution in [2.45, 2.75) is 286 Å². The zero-order chi connectivity index (χ0) is 68.3. The molecule has 0 aliphatic carbocycles. The maximum absolute atomic E-state index is 2.46. The molecule has 10 aromatic rings. The molecule has 10 rings (SSSR count). The molecule has 0 atom stereocenters. The summed E-state index contributed by atoms with van der Waals surface area (Å²) in [4.78, 5) is 0. The van der Waals surface area contributed by atoms with Crippen LogP contribution in [0.3, 0.4) is 0 Å². The van der Waals surface area contributed by atoms with Crippen molar-refractivity contribution >= 4 is 188 Å². The zero-order valence-electron chi connectivity index (χ0n) is 62.3. The van der Waals surface area contributed by atoms with E-state index in [0.717, 1.165) is 0 Å². The third-order valence-corrected chi connectivity index (χ3v) is 53.0. The number of hydrogen-bond donors (Lipinski definition) is 0. The number of hydrogen-bond acceptors (Lipinski definition) is 0. The molecule has 89 heavy (non-hydrogen) atoms. The molecule has 0 spiro atoms. The second kappa shape index (κ2) is 33.0. The molecule has 0 saturated carbocycles. The molecule has 0 radical (unpaired) electrons. The van der Waals surface area contributed by atoms with Gasteiger partial charge in [0.2, 0.25) is 0 Å². The van der Waals surface area contributed by atoms with Crippen LogP contribution in [0.4, 0.5) is 0 Å². The van der Waals surface area contributed by atoms with Crippen molar-refractivity contribution in [2.75, 3.05) is 0 Å². The van der Waals surface area contributed by atoms with E-state index >= 15 is 0 Å². The van der Waals surface area contributed by atoms with Crippen molar-refractivity contribution in [3.05, 3.63) is 161 Å². The predicted molar refractivity (Wildman–Crippen MR) is 415 cm³/mol. The van der Waals surface area contributed by atoms with E-state index < -0.39 is 0 Å². The van der Waals surface area contributed by atoms with E-state index in [1.165, 1.54) is 21.9 Å². The van der Waals surface area contributed by atoms with E-state index in [4.69, 9.17) is 0 Å². The van der Waals surface area contributed by atoms with Crippen LogP contribution < -0.4 is 0 Å². The van der Waals surface area contributed by atoms with Gasteiger partial charge in [-0.3, -0.25) is 0 Å².